The maximum atomic E-state index is 13.7. The molecule has 0 aromatic heterocycles. The highest BCUT2D eigenvalue weighted by atomic mass is 16.7. The van der Waals surface area contributed by atoms with Gasteiger partial charge in [-0.1, -0.05) is 30.1 Å². The summed E-state index contributed by atoms with van der Waals surface area (Å²) in [5.74, 6) is -0.488. The lowest BCUT2D eigenvalue weighted by Crippen LogP contribution is -2.69. The predicted octanol–water partition coefficient (Wildman–Crippen LogP) is 8.13. The summed E-state index contributed by atoms with van der Waals surface area (Å²) >= 11 is 0. The van der Waals surface area contributed by atoms with E-state index >= 15 is 0 Å². The number of carbonyl (C=O) groups excluding carboxylic acids is 2. The fraction of sp³-hybridized carbons (Fsp3) is 0.457. The van der Waals surface area contributed by atoms with Crippen molar-refractivity contribution in [2.24, 2.45) is 22.9 Å². The second kappa shape index (κ2) is 20.7. The normalized spacial score (nSPS) is 23.1. The smallest absolute Gasteiger partial charge is 0.409 e. The molecular formula is C46H55N3O12. The van der Waals surface area contributed by atoms with E-state index in [4.69, 9.17) is 33.7 Å². The van der Waals surface area contributed by atoms with Crippen molar-refractivity contribution in [3.8, 4) is 23.0 Å². The van der Waals surface area contributed by atoms with Crippen LogP contribution in [0, 0.1) is 27.9 Å². The molecule has 61 heavy (non-hydrogen) atoms. The summed E-state index contributed by atoms with van der Waals surface area (Å²) in [7, 11) is 3.14. The van der Waals surface area contributed by atoms with E-state index in [1.807, 2.05) is 12.1 Å². The molecule has 3 aromatic rings. The summed E-state index contributed by atoms with van der Waals surface area (Å²) in [5.41, 5.74) is 3.24. The van der Waals surface area contributed by atoms with Crippen molar-refractivity contribution in [1.29, 1.82) is 0 Å². The van der Waals surface area contributed by atoms with Gasteiger partial charge in [-0.3, -0.25) is 14.9 Å². The molecule has 15 heteroatoms. The van der Waals surface area contributed by atoms with Crippen LogP contribution in [-0.2, 0) is 20.9 Å². The maximum Gasteiger partial charge on any atom is 0.409 e. The highest BCUT2D eigenvalue weighted by Crippen LogP contribution is 2.62. The number of hydrogen-bond donors (Lipinski definition) is 2. The number of aliphatic hydroxyl groups excluding tert-OH is 2. The van der Waals surface area contributed by atoms with Crippen LogP contribution in [0.5, 0.6) is 23.0 Å². The number of likely N-dealkylation sites (N-methyl/N-ethyl adjacent to an activating group) is 1. The average molecular weight is 842 g/mol. The minimum Gasteiger partial charge on any atom is -0.496 e. The van der Waals surface area contributed by atoms with Gasteiger partial charge >= 0.3 is 6.09 Å². The average Bonchev–Trinajstić information content (AvgIpc) is 3.27. The number of unbranched alkanes of at least 4 members (excludes halogenated alkanes) is 2. The number of rotatable bonds is 21. The fourth-order valence-electron chi connectivity index (χ4n) is 9.05. The van der Waals surface area contributed by atoms with Gasteiger partial charge in [0.15, 0.2) is 6.29 Å². The summed E-state index contributed by atoms with van der Waals surface area (Å²) in [5, 5.41) is 35.8. The largest absolute Gasteiger partial charge is 0.496 e. The number of allylic oxidation sites excluding steroid dienone is 1. The number of hydrogen-bond acceptors (Lipinski definition) is 13. The Hall–Kier alpha value is -5.77. The minimum atomic E-state index is -1.47. The van der Waals surface area contributed by atoms with E-state index in [-0.39, 0.29) is 62.9 Å². The van der Waals surface area contributed by atoms with E-state index in [2.05, 4.69) is 12.7 Å². The molecule has 3 aromatic carbocycles. The van der Waals surface area contributed by atoms with Crippen molar-refractivity contribution in [3.63, 3.8) is 0 Å². The number of methoxy groups -OCH3 is 1. The van der Waals surface area contributed by atoms with Gasteiger partial charge in [0, 0.05) is 50.3 Å². The number of benzene rings is 3. The van der Waals surface area contributed by atoms with E-state index in [0.717, 1.165) is 36.8 Å². The van der Waals surface area contributed by atoms with Gasteiger partial charge in [0.05, 0.1) is 42.4 Å². The quantitative estimate of drug-likeness (QED) is 0.0345. The highest BCUT2D eigenvalue weighted by molar-refractivity contribution is 6.03. The number of ether oxygens (including phenoxy) is 5. The number of non-ortho nitro benzene ring substituents is 1. The predicted molar refractivity (Wildman–Crippen MR) is 226 cm³/mol. The van der Waals surface area contributed by atoms with Gasteiger partial charge in [-0.15, -0.1) is 6.58 Å². The SMILES string of the molecule is C=CCO[C@@]12Oc3ccc(Oc4ccc(OC)c(C=O)c4)cc3[C@H]3[C@H](CCCCO)[C@@H](CCCCO)C=C(C(=NOCc4ccc([N+](=O)[O-])cc4)C[C@@H]1N(C)C(=O)OCC)[C@H]32. The number of nitrogens with zero attached hydrogens (tertiary/aromatic N) is 3. The van der Waals surface area contributed by atoms with Crippen molar-refractivity contribution in [3.05, 3.63) is 112 Å². The Labute approximate surface area is 355 Å². The van der Waals surface area contributed by atoms with Gasteiger partial charge in [-0.25, -0.2) is 4.79 Å². The lowest BCUT2D eigenvalue weighted by molar-refractivity contribution is -0.384. The van der Waals surface area contributed by atoms with Crippen LogP contribution in [0.3, 0.4) is 0 Å². The molecule has 0 bridgehead atoms. The zero-order valence-corrected chi connectivity index (χ0v) is 34.9. The Bertz CT molecular complexity index is 2090. The second-order valence-corrected chi connectivity index (χ2v) is 15.4. The van der Waals surface area contributed by atoms with E-state index in [0.29, 0.717) is 59.0 Å². The van der Waals surface area contributed by atoms with Crippen molar-refractivity contribution in [2.45, 2.75) is 76.2 Å². The van der Waals surface area contributed by atoms with Crippen LogP contribution in [-0.4, -0.2) is 90.5 Å². The number of nitro groups is 1. The van der Waals surface area contributed by atoms with Gasteiger partial charge in [0.2, 0.25) is 5.79 Å². The molecule has 1 fully saturated rings. The van der Waals surface area contributed by atoms with Crippen molar-refractivity contribution >= 4 is 23.8 Å². The third kappa shape index (κ3) is 9.74. The van der Waals surface area contributed by atoms with Crippen LogP contribution in [0.1, 0.15) is 79.3 Å². The van der Waals surface area contributed by atoms with E-state index < -0.39 is 28.8 Å². The number of aldehydes is 1. The first-order chi connectivity index (χ1) is 29.6. The van der Waals surface area contributed by atoms with Crippen LogP contribution in [0.4, 0.5) is 10.5 Å². The van der Waals surface area contributed by atoms with Crippen LogP contribution in [0.25, 0.3) is 0 Å². The molecule has 2 N–H and O–H groups in total. The Morgan fingerprint density at radius 1 is 1.05 bits per heavy atom. The van der Waals surface area contributed by atoms with E-state index in [1.54, 1.807) is 56.4 Å². The minimum absolute atomic E-state index is 0.00920. The molecular weight excluding hydrogens is 787 g/mol. The Morgan fingerprint density at radius 2 is 1.77 bits per heavy atom. The first-order valence-electron chi connectivity index (χ1n) is 20.8. The van der Waals surface area contributed by atoms with Crippen LogP contribution < -0.4 is 14.2 Å². The van der Waals surface area contributed by atoms with Crippen LogP contribution in [0.2, 0.25) is 0 Å². The van der Waals surface area contributed by atoms with Gasteiger partial charge < -0.3 is 43.6 Å². The summed E-state index contributed by atoms with van der Waals surface area (Å²) in [6, 6.07) is 15.9. The molecule has 0 radical (unpaired) electrons. The molecule has 326 valence electrons. The topological polar surface area (TPSA) is 189 Å². The van der Waals surface area contributed by atoms with Gasteiger partial charge in [0.25, 0.3) is 5.69 Å². The molecule has 0 saturated heterocycles. The number of nitro benzene ring substituents is 1. The molecule has 3 aliphatic rings. The Morgan fingerprint density at radius 3 is 2.44 bits per heavy atom. The number of aliphatic hydroxyl groups is 2. The first kappa shape index (κ1) is 44.8. The summed E-state index contributed by atoms with van der Waals surface area (Å²) < 4.78 is 31.3. The standard InChI is InChI=1S/C46H55N3O12/c1-5-23-58-46-42(48(3)45(53)57-6-2)27-39(47-59-29-30-13-15-33(16-14-30)49(54)55)37-25-31(11-7-9-21-50)36(12-8-10-22-51)43(44(37)46)38-26-35(18-20-41(38)61-46)60-34-17-19-40(56-4)32(24-34)28-52/h5,13-20,24-26,28,31,36,42-44,50-51H,1,6-12,21-23,27,29H2,2-4H3/t31-,36+,42-,43+,44+,46+/m0/s1. The lowest BCUT2D eigenvalue weighted by atomic mass is 9.55. The molecule has 1 heterocycles. The van der Waals surface area contributed by atoms with Crippen LogP contribution >= 0.6 is 0 Å². The maximum absolute atomic E-state index is 13.7. The second-order valence-electron chi connectivity index (χ2n) is 15.4. The number of carbonyl (C=O) groups is 2. The van der Waals surface area contributed by atoms with Crippen molar-refractivity contribution < 1.29 is 53.2 Å². The third-order valence-electron chi connectivity index (χ3n) is 11.8. The van der Waals surface area contributed by atoms with Crippen molar-refractivity contribution in [2.75, 3.05) is 40.6 Å². The first-order valence-corrected chi connectivity index (χ1v) is 20.8. The monoisotopic (exact) mass is 841 g/mol. The molecule has 1 aliphatic heterocycles. The molecule has 15 nitrogen and oxygen atoms in total. The molecule has 1 saturated carbocycles. The van der Waals surface area contributed by atoms with Crippen LogP contribution in [0.15, 0.2) is 90.1 Å². The Balaban J connectivity index is 1.53. The van der Waals surface area contributed by atoms with Crippen molar-refractivity contribution in [1.82, 2.24) is 4.90 Å². The van der Waals surface area contributed by atoms with E-state index in [9.17, 15) is 29.9 Å². The lowest BCUT2D eigenvalue weighted by Gasteiger charge is -2.59. The number of fused-ring (bicyclic) bond motifs is 2. The zero-order chi connectivity index (χ0) is 43.5. The van der Waals surface area contributed by atoms with Gasteiger partial charge in [-0.05, 0) is 104 Å². The zero-order valence-electron chi connectivity index (χ0n) is 34.9. The summed E-state index contributed by atoms with van der Waals surface area (Å²) in [6.07, 6.45) is 8.39. The number of amides is 1. The molecule has 6 atom stereocenters. The van der Waals surface area contributed by atoms with Gasteiger partial charge in [-0.2, -0.15) is 0 Å². The fourth-order valence-corrected chi connectivity index (χ4v) is 9.05. The number of oxime groups is 1. The highest BCUT2D eigenvalue weighted by Gasteiger charge is 2.65. The summed E-state index contributed by atoms with van der Waals surface area (Å²) in [4.78, 5) is 43.9. The molecule has 0 unspecified atom stereocenters. The third-order valence-corrected chi connectivity index (χ3v) is 11.8. The Kier molecular flexibility index (Phi) is 15.2. The van der Waals surface area contributed by atoms with Gasteiger partial charge in [0.1, 0.15) is 35.6 Å². The summed E-state index contributed by atoms with van der Waals surface area (Å²) in [6.45, 7) is 6.05. The molecule has 1 amide bonds. The van der Waals surface area contributed by atoms with E-state index in [1.165, 1.54) is 24.1 Å². The molecule has 2 aliphatic carbocycles. The molecule has 0 spiro atoms. The molecule has 6 rings (SSSR count).